The molecule has 1 aromatic carbocycles. The van der Waals surface area contributed by atoms with E-state index in [1.807, 2.05) is 32.0 Å². The Morgan fingerprint density at radius 3 is 3.00 bits per heavy atom. The van der Waals surface area contributed by atoms with Crippen molar-refractivity contribution in [2.45, 2.75) is 20.3 Å². The van der Waals surface area contributed by atoms with Crippen molar-refractivity contribution in [1.29, 1.82) is 0 Å². The summed E-state index contributed by atoms with van der Waals surface area (Å²) in [5, 5.41) is 1.68. The minimum absolute atomic E-state index is 0.261. The second-order valence-corrected chi connectivity index (χ2v) is 4.03. The predicted octanol–water partition coefficient (Wildman–Crippen LogP) is 0.941. The van der Waals surface area contributed by atoms with Gasteiger partial charge in [-0.25, -0.2) is 9.98 Å². The molecule has 86 valence electrons. The number of hydrogen-bond acceptors (Lipinski definition) is 2. The Bertz CT molecular complexity index is 635. The summed E-state index contributed by atoms with van der Waals surface area (Å²) in [6, 6.07) is 5.87. The first-order valence-corrected chi connectivity index (χ1v) is 5.71. The largest absolute Gasteiger partial charge is 0.287 e. The van der Waals surface area contributed by atoms with Gasteiger partial charge in [0.05, 0.1) is 5.36 Å². The van der Waals surface area contributed by atoms with Crippen LogP contribution in [0.2, 0.25) is 0 Å². The van der Waals surface area contributed by atoms with E-state index in [-0.39, 0.29) is 5.91 Å². The maximum absolute atomic E-state index is 11.7. The predicted molar refractivity (Wildman–Crippen MR) is 67.5 cm³/mol. The highest BCUT2D eigenvalue weighted by molar-refractivity contribution is 6.10. The van der Waals surface area contributed by atoms with E-state index in [0.717, 1.165) is 22.6 Å². The van der Waals surface area contributed by atoms with Crippen molar-refractivity contribution >= 4 is 17.9 Å². The number of fused-ring (bicyclic) bond motifs is 1. The molecule has 0 radical (unpaired) electrons. The lowest BCUT2D eigenvalue weighted by molar-refractivity contribution is -0.114. The molecule has 1 aliphatic rings. The number of aliphatic imine (C=N–C) groups is 1. The van der Waals surface area contributed by atoms with Gasteiger partial charge in [0.25, 0.3) is 5.91 Å². The molecule has 0 aromatic heterocycles. The van der Waals surface area contributed by atoms with Crippen LogP contribution in [0.3, 0.4) is 0 Å². The zero-order valence-electron chi connectivity index (χ0n) is 10.0. The minimum atomic E-state index is -0.261. The zero-order chi connectivity index (χ0) is 12.3. The average molecular weight is 226 g/mol. The van der Waals surface area contributed by atoms with E-state index < -0.39 is 0 Å². The summed E-state index contributed by atoms with van der Waals surface area (Å²) >= 11 is 0. The van der Waals surface area contributed by atoms with Crippen LogP contribution >= 0.6 is 0 Å². The summed E-state index contributed by atoms with van der Waals surface area (Å²) in [6.07, 6.45) is 2.74. The van der Waals surface area contributed by atoms with Crippen molar-refractivity contribution in [3.63, 3.8) is 0 Å². The van der Waals surface area contributed by atoms with Crippen molar-refractivity contribution in [2.75, 3.05) is 6.54 Å². The maximum atomic E-state index is 11.7. The van der Waals surface area contributed by atoms with Crippen LogP contribution in [0.25, 0.3) is 6.08 Å². The van der Waals surface area contributed by atoms with Crippen molar-refractivity contribution < 1.29 is 4.79 Å². The summed E-state index contributed by atoms with van der Waals surface area (Å²) in [7, 11) is 0. The molecule has 0 atom stereocenters. The molecule has 0 fully saturated rings. The molecule has 1 aromatic rings. The maximum Gasteiger partial charge on any atom is 0.287 e. The molecule has 17 heavy (non-hydrogen) atoms. The molecule has 0 unspecified atom stereocenters. The zero-order valence-corrected chi connectivity index (χ0v) is 10.0. The summed E-state index contributed by atoms with van der Waals surface area (Å²) in [6.45, 7) is 4.70. The summed E-state index contributed by atoms with van der Waals surface area (Å²) < 4.78 is 0. The lowest BCUT2D eigenvalue weighted by Gasteiger charge is -2.00. The first-order chi connectivity index (χ1) is 8.20. The van der Waals surface area contributed by atoms with Gasteiger partial charge in [-0.05, 0) is 36.9 Å². The quantitative estimate of drug-likeness (QED) is 0.546. The molecule has 0 N–H and O–H groups in total. The van der Waals surface area contributed by atoms with Gasteiger partial charge in [0.1, 0.15) is 5.57 Å². The minimum Gasteiger partial charge on any atom is -0.266 e. The molecule has 1 heterocycles. The SMILES string of the molecule is CCCN=C=C1C=c2ccc(C)cc2=NC1=O. The second-order valence-electron chi connectivity index (χ2n) is 4.03. The van der Waals surface area contributed by atoms with E-state index in [1.54, 1.807) is 6.08 Å². The van der Waals surface area contributed by atoms with Gasteiger partial charge in [0.15, 0.2) is 0 Å². The van der Waals surface area contributed by atoms with Crippen LogP contribution < -0.4 is 10.6 Å². The first kappa shape index (κ1) is 11.5. The fraction of sp³-hybridized carbons (Fsp3) is 0.286. The first-order valence-electron chi connectivity index (χ1n) is 5.71. The van der Waals surface area contributed by atoms with Gasteiger partial charge < -0.3 is 0 Å². The monoisotopic (exact) mass is 226 g/mol. The van der Waals surface area contributed by atoms with E-state index in [9.17, 15) is 4.79 Å². The number of amides is 1. The van der Waals surface area contributed by atoms with Gasteiger partial charge in [0.2, 0.25) is 0 Å². The number of carbonyl (C=O) groups excluding carboxylic acids is 1. The van der Waals surface area contributed by atoms with Gasteiger partial charge in [-0.15, -0.1) is 0 Å². The Morgan fingerprint density at radius 1 is 1.41 bits per heavy atom. The van der Waals surface area contributed by atoms with Crippen LogP contribution in [-0.4, -0.2) is 18.3 Å². The molecule has 1 amide bonds. The molecule has 2 rings (SSSR count). The highest BCUT2D eigenvalue weighted by Gasteiger charge is 2.09. The number of hydrogen-bond donors (Lipinski definition) is 0. The topological polar surface area (TPSA) is 41.8 Å². The van der Waals surface area contributed by atoms with Crippen LogP contribution in [-0.2, 0) is 4.79 Å². The Kier molecular flexibility index (Phi) is 3.31. The average Bonchev–Trinajstić information content (AvgIpc) is 2.30. The third-order valence-corrected chi connectivity index (χ3v) is 2.47. The molecule has 0 bridgehead atoms. The molecular weight excluding hydrogens is 212 g/mol. The van der Waals surface area contributed by atoms with E-state index in [2.05, 4.69) is 15.9 Å². The molecule has 3 nitrogen and oxygen atoms in total. The van der Waals surface area contributed by atoms with Crippen molar-refractivity contribution in [1.82, 2.24) is 0 Å². The van der Waals surface area contributed by atoms with Crippen LogP contribution in [0.1, 0.15) is 18.9 Å². The lowest BCUT2D eigenvalue weighted by atomic mass is 10.1. The van der Waals surface area contributed by atoms with Gasteiger partial charge in [-0.3, -0.25) is 4.79 Å². The molecule has 3 heteroatoms. The second kappa shape index (κ2) is 4.89. The number of nitrogens with zero attached hydrogens (tertiary/aromatic N) is 2. The molecule has 0 spiro atoms. The van der Waals surface area contributed by atoms with E-state index in [4.69, 9.17) is 0 Å². The van der Waals surface area contributed by atoms with Crippen LogP contribution in [0.15, 0.2) is 33.8 Å². The van der Waals surface area contributed by atoms with Gasteiger partial charge >= 0.3 is 0 Å². The van der Waals surface area contributed by atoms with Crippen LogP contribution in [0, 0.1) is 6.92 Å². The lowest BCUT2D eigenvalue weighted by Crippen LogP contribution is -2.30. The van der Waals surface area contributed by atoms with Crippen molar-refractivity contribution in [2.24, 2.45) is 9.98 Å². The third-order valence-electron chi connectivity index (χ3n) is 2.47. The fourth-order valence-electron chi connectivity index (χ4n) is 1.59. The van der Waals surface area contributed by atoms with Gasteiger partial charge in [-0.1, -0.05) is 19.1 Å². The molecular formula is C14H14N2O. The number of rotatable bonds is 2. The van der Waals surface area contributed by atoms with Gasteiger partial charge in [0, 0.05) is 11.8 Å². The van der Waals surface area contributed by atoms with Crippen molar-refractivity contribution in [3.8, 4) is 0 Å². The number of carbonyl (C=O) groups is 1. The fourth-order valence-corrected chi connectivity index (χ4v) is 1.59. The molecule has 1 aliphatic heterocycles. The third kappa shape index (κ3) is 2.58. The van der Waals surface area contributed by atoms with Crippen LogP contribution in [0.4, 0.5) is 0 Å². The Labute approximate surface area is 99.9 Å². The highest BCUT2D eigenvalue weighted by atomic mass is 16.1. The van der Waals surface area contributed by atoms with Crippen molar-refractivity contribution in [3.05, 3.63) is 39.9 Å². The summed E-state index contributed by atoms with van der Waals surface area (Å²) in [5.74, 6) is 2.51. The normalized spacial score (nSPS) is 13.3. The molecule has 0 saturated heterocycles. The van der Waals surface area contributed by atoms with E-state index in [1.165, 1.54) is 0 Å². The Balaban J connectivity index is 2.54. The molecule has 0 saturated carbocycles. The number of aryl methyl sites for hydroxylation is 1. The van der Waals surface area contributed by atoms with E-state index >= 15 is 0 Å². The van der Waals surface area contributed by atoms with Gasteiger partial charge in [-0.2, -0.15) is 0 Å². The number of benzene rings is 1. The Morgan fingerprint density at radius 2 is 2.24 bits per heavy atom. The summed E-state index contributed by atoms with van der Waals surface area (Å²) in [4.78, 5) is 19.8. The summed E-state index contributed by atoms with van der Waals surface area (Å²) in [5.41, 5.74) is 1.54. The standard InChI is InChI=1S/C14H14N2O/c1-3-6-15-9-12-8-11-5-4-10(2)7-13(11)16-14(12)17/h4-5,7-8H,3,6H2,1-2H3. The highest BCUT2D eigenvalue weighted by Crippen LogP contribution is 1.98. The Hall–Kier alpha value is -1.99. The van der Waals surface area contributed by atoms with E-state index in [0.29, 0.717) is 12.1 Å². The van der Waals surface area contributed by atoms with Crippen LogP contribution in [0.5, 0.6) is 0 Å². The smallest absolute Gasteiger partial charge is 0.266 e. The molecule has 0 aliphatic carbocycles.